The van der Waals surface area contributed by atoms with E-state index in [1.54, 1.807) is 0 Å². The molecule has 0 bridgehead atoms. The molecule has 0 N–H and O–H groups in total. The molecule has 4 aromatic heterocycles. The Kier molecular flexibility index (Phi) is 8.75. The highest BCUT2D eigenvalue weighted by molar-refractivity contribution is 6.29. The van der Waals surface area contributed by atoms with Crippen LogP contribution in [-0.2, 0) is 0 Å². The molecule has 10 aromatic carbocycles. The molecule has 0 aliphatic carbocycles. The molecular weight excluding hydrogens is 843 g/mol. The fourth-order valence-electron chi connectivity index (χ4n) is 10.2. The Morgan fingerprint density at radius 1 is 0.246 bits per heavy atom. The quantitative estimate of drug-likeness (QED) is 0.117. The Bertz CT molecular complexity index is 4220. The first-order valence-corrected chi connectivity index (χ1v) is 23.1. The minimum Gasteiger partial charge on any atom is -0.308 e. The Labute approximate surface area is 396 Å². The SMILES string of the molecule is c1ccc(-c2nc(-c3ccc(-c4cc5c6cccc7c(-c8nc(-c9ccccc9)nc(-c9ccccc9)n8)ccc(c76)n6c7ccccc7c(c4)c56)cc3)nc(-c3cccc4ccccc34)n2)cc1. The summed E-state index contributed by atoms with van der Waals surface area (Å²) in [5.41, 5.74) is 11.4. The molecule has 0 radical (unpaired) electrons. The third kappa shape index (κ3) is 6.36. The van der Waals surface area contributed by atoms with Crippen LogP contribution in [0.1, 0.15) is 0 Å². The van der Waals surface area contributed by atoms with Crippen molar-refractivity contribution in [2.45, 2.75) is 0 Å². The summed E-state index contributed by atoms with van der Waals surface area (Å²) in [6.07, 6.45) is 0. The largest absolute Gasteiger partial charge is 0.308 e. The van der Waals surface area contributed by atoms with Gasteiger partial charge in [-0.2, -0.15) is 0 Å². The monoisotopic (exact) mass is 879 g/mol. The van der Waals surface area contributed by atoms with Crippen molar-refractivity contribution in [3.63, 3.8) is 0 Å². The van der Waals surface area contributed by atoms with Gasteiger partial charge in [-0.3, -0.25) is 0 Å². The molecular formula is C62H37N7. The molecule has 7 heteroatoms. The number of hydrogen-bond donors (Lipinski definition) is 0. The first-order valence-electron chi connectivity index (χ1n) is 23.1. The van der Waals surface area contributed by atoms with E-state index in [2.05, 4.69) is 138 Å². The number of benzene rings is 10. The predicted molar refractivity (Wildman–Crippen MR) is 281 cm³/mol. The van der Waals surface area contributed by atoms with E-state index in [0.29, 0.717) is 34.9 Å². The topological polar surface area (TPSA) is 81.8 Å². The molecule has 0 aliphatic heterocycles. The van der Waals surface area contributed by atoms with Crippen molar-refractivity contribution in [3.05, 3.63) is 224 Å². The summed E-state index contributed by atoms with van der Waals surface area (Å²) in [6.45, 7) is 0. The minimum atomic E-state index is 0.621. The lowest BCUT2D eigenvalue weighted by atomic mass is 9.93. The molecule has 7 nitrogen and oxygen atoms in total. The summed E-state index contributed by atoms with van der Waals surface area (Å²) in [7, 11) is 0. The van der Waals surface area contributed by atoms with Crippen LogP contribution in [0.3, 0.4) is 0 Å². The lowest BCUT2D eigenvalue weighted by Crippen LogP contribution is -2.01. The van der Waals surface area contributed by atoms with Crippen molar-refractivity contribution in [1.29, 1.82) is 0 Å². The zero-order chi connectivity index (χ0) is 45.4. The molecule has 0 aliphatic rings. The van der Waals surface area contributed by atoms with Crippen molar-refractivity contribution in [2.75, 3.05) is 0 Å². The smallest absolute Gasteiger partial charge is 0.164 e. The molecule has 4 heterocycles. The van der Waals surface area contributed by atoms with Gasteiger partial charge in [0.25, 0.3) is 0 Å². The third-order valence-corrected chi connectivity index (χ3v) is 13.4. The number of fused-ring (bicyclic) bond motifs is 6. The van der Waals surface area contributed by atoms with E-state index in [4.69, 9.17) is 29.9 Å². The number of aromatic nitrogens is 7. The van der Waals surface area contributed by atoms with Gasteiger partial charge >= 0.3 is 0 Å². The predicted octanol–water partition coefficient (Wildman–Crippen LogP) is 15.2. The van der Waals surface area contributed by atoms with Gasteiger partial charge in [-0.1, -0.05) is 194 Å². The fourth-order valence-corrected chi connectivity index (χ4v) is 10.2. The number of rotatable bonds is 7. The van der Waals surface area contributed by atoms with Gasteiger partial charge in [-0.15, -0.1) is 0 Å². The second-order valence-electron chi connectivity index (χ2n) is 17.4. The van der Waals surface area contributed by atoms with Gasteiger partial charge in [0.1, 0.15) is 0 Å². The van der Waals surface area contributed by atoms with Crippen LogP contribution in [0.15, 0.2) is 224 Å². The van der Waals surface area contributed by atoms with E-state index >= 15 is 0 Å². The van der Waals surface area contributed by atoms with Crippen LogP contribution >= 0.6 is 0 Å². The van der Waals surface area contributed by atoms with Gasteiger partial charge in [0.2, 0.25) is 0 Å². The highest BCUT2D eigenvalue weighted by Gasteiger charge is 2.22. The summed E-state index contributed by atoms with van der Waals surface area (Å²) in [6, 6.07) is 78.2. The highest BCUT2D eigenvalue weighted by atomic mass is 15.0. The van der Waals surface area contributed by atoms with Crippen molar-refractivity contribution in [2.24, 2.45) is 0 Å². The van der Waals surface area contributed by atoms with Gasteiger partial charge < -0.3 is 4.40 Å². The molecule has 0 amide bonds. The summed E-state index contributed by atoms with van der Waals surface area (Å²) in [5.74, 6) is 3.80. The molecule has 0 unspecified atom stereocenters. The highest BCUT2D eigenvalue weighted by Crippen LogP contribution is 2.45. The van der Waals surface area contributed by atoms with E-state index in [9.17, 15) is 0 Å². The zero-order valence-electron chi connectivity index (χ0n) is 37.0. The molecule has 0 saturated carbocycles. The van der Waals surface area contributed by atoms with E-state index in [0.717, 1.165) is 77.1 Å². The number of nitrogens with zero attached hydrogens (tertiary/aromatic N) is 7. The average molecular weight is 880 g/mol. The van der Waals surface area contributed by atoms with Crippen molar-refractivity contribution >= 4 is 59.6 Å². The second-order valence-corrected chi connectivity index (χ2v) is 17.4. The Morgan fingerprint density at radius 3 is 1.30 bits per heavy atom. The number of hydrogen-bond acceptors (Lipinski definition) is 6. The van der Waals surface area contributed by atoms with Crippen molar-refractivity contribution in [1.82, 2.24) is 34.3 Å². The normalized spacial score (nSPS) is 11.8. The molecule has 14 aromatic rings. The Balaban J connectivity index is 0.945. The van der Waals surface area contributed by atoms with Gasteiger partial charge in [-0.25, -0.2) is 29.9 Å². The summed E-state index contributed by atoms with van der Waals surface area (Å²) < 4.78 is 2.45. The third-order valence-electron chi connectivity index (χ3n) is 13.4. The van der Waals surface area contributed by atoms with Crippen LogP contribution in [0.4, 0.5) is 0 Å². The van der Waals surface area contributed by atoms with Crippen LogP contribution in [0.5, 0.6) is 0 Å². The van der Waals surface area contributed by atoms with E-state index in [1.807, 2.05) is 91.0 Å². The maximum Gasteiger partial charge on any atom is 0.164 e. The van der Waals surface area contributed by atoms with Crippen LogP contribution in [-0.4, -0.2) is 34.3 Å². The molecule has 320 valence electrons. The van der Waals surface area contributed by atoms with Crippen LogP contribution in [0.2, 0.25) is 0 Å². The van der Waals surface area contributed by atoms with E-state index < -0.39 is 0 Å². The lowest BCUT2D eigenvalue weighted by Gasteiger charge is -2.16. The molecule has 69 heavy (non-hydrogen) atoms. The van der Waals surface area contributed by atoms with Gasteiger partial charge in [0.05, 0.1) is 16.6 Å². The minimum absolute atomic E-state index is 0.621. The van der Waals surface area contributed by atoms with Crippen LogP contribution < -0.4 is 0 Å². The Hall–Kier alpha value is -9.46. The number of para-hydroxylation sites is 1. The summed E-state index contributed by atoms with van der Waals surface area (Å²) >= 11 is 0. The molecule has 0 atom stereocenters. The van der Waals surface area contributed by atoms with E-state index in [-0.39, 0.29) is 0 Å². The molecule has 14 rings (SSSR count). The van der Waals surface area contributed by atoms with E-state index in [1.165, 1.54) is 27.1 Å². The van der Waals surface area contributed by atoms with Crippen molar-refractivity contribution in [3.8, 4) is 79.5 Å². The molecule has 0 fully saturated rings. The maximum atomic E-state index is 5.17. The van der Waals surface area contributed by atoms with Crippen LogP contribution in [0, 0.1) is 0 Å². The first-order chi connectivity index (χ1) is 34.2. The second kappa shape index (κ2) is 15.6. The van der Waals surface area contributed by atoms with Gasteiger partial charge in [-0.05, 0) is 63.0 Å². The van der Waals surface area contributed by atoms with Gasteiger partial charge in [0, 0.05) is 54.9 Å². The average Bonchev–Trinajstić information content (AvgIpc) is 3.77. The zero-order valence-corrected chi connectivity index (χ0v) is 37.0. The summed E-state index contributed by atoms with van der Waals surface area (Å²) in [5, 5.41) is 9.23. The van der Waals surface area contributed by atoms with Gasteiger partial charge in [0.15, 0.2) is 34.9 Å². The number of pyridine rings is 1. The Morgan fingerprint density at radius 2 is 0.681 bits per heavy atom. The molecule has 0 spiro atoms. The fraction of sp³-hybridized carbons (Fsp3) is 0. The lowest BCUT2D eigenvalue weighted by molar-refractivity contribution is 1.08. The summed E-state index contributed by atoms with van der Waals surface area (Å²) in [4.78, 5) is 30.6. The maximum absolute atomic E-state index is 5.17. The standard InChI is InChI=1S/C62H37N7/c1-4-17-40(18-5-1)57-63-58(41-19-6-2-7-20-41)67-62(66-57)50-34-35-54-55-47(50)26-15-27-48(55)52-37-44(36-51-46-25-12-13-29-53(46)69(54)56(51)52)38-30-32-43(33-31-38)60-64-59(42-21-8-3-9-22-42)65-61(68-60)49-28-14-23-39-16-10-11-24-45(39)49/h1-37H. The van der Waals surface area contributed by atoms with Crippen molar-refractivity contribution < 1.29 is 0 Å². The van der Waals surface area contributed by atoms with Crippen LogP contribution in [0.25, 0.3) is 139 Å². The molecule has 0 saturated heterocycles. The first kappa shape index (κ1) is 38.8.